The molecule has 0 saturated carbocycles. The summed E-state index contributed by atoms with van der Waals surface area (Å²) in [6, 6.07) is 24.6. The van der Waals surface area contributed by atoms with E-state index in [4.69, 9.17) is 0 Å². The molecule has 3 aromatic rings. The van der Waals surface area contributed by atoms with Crippen molar-refractivity contribution in [3.8, 4) is 0 Å². The number of amides is 1. The zero-order valence-electron chi connectivity index (χ0n) is 13.1. The smallest absolute Gasteiger partial charge is 0.267 e. The van der Waals surface area contributed by atoms with E-state index >= 15 is 0 Å². The molecule has 4 heteroatoms. The molecule has 0 aliphatic carbocycles. The first kappa shape index (κ1) is 15.6. The zero-order valence-corrected chi connectivity index (χ0v) is 13.1. The van der Waals surface area contributed by atoms with E-state index in [0.29, 0.717) is 12.0 Å². The molecule has 118 valence electrons. The molecule has 0 spiro atoms. The van der Waals surface area contributed by atoms with Gasteiger partial charge in [-0.1, -0.05) is 54.6 Å². The maximum atomic E-state index is 12.2. The van der Waals surface area contributed by atoms with Crippen molar-refractivity contribution in [3.63, 3.8) is 0 Å². The van der Waals surface area contributed by atoms with Gasteiger partial charge in [-0.25, -0.2) is 5.43 Å². The highest BCUT2D eigenvalue weighted by Crippen LogP contribution is 2.07. The van der Waals surface area contributed by atoms with Crippen LogP contribution < -0.4 is 5.43 Å². The lowest BCUT2D eigenvalue weighted by molar-refractivity contribution is 0.0955. The molecule has 2 aromatic carbocycles. The van der Waals surface area contributed by atoms with Crippen LogP contribution in [0.15, 0.2) is 90.2 Å². The number of pyridine rings is 1. The minimum atomic E-state index is -0.231. The minimum Gasteiger partial charge on any atom is -0.267 e. The van der Waals surface area contributed by atoms with Gasteiger partial charge in [0.05, 0.1) is 5.71 Å². The van der Waals surface area contributed by atoms with Crippen LogP contribution in [0.5, 0.6) is 0 Å². The molecule has 0 aliphatic rings. The number of hydrazone groups is 1. The Morgan fingerprint density at radius 2 is 1.46 bits per heavy atom. The summed E-state index contributed by atoms with van der Waals surface area (Å²) in [5.74, 6) is -0.231. The number of aromatic nitrogens is 1. The number of nitrogens with one attached hydrogen (secondary N) is 1. The van der Waals surface area contributed by atoms with Crippen LogP contribution in [-0.4, -0.2) is 16.6 Å². The lowest BCUT2D eigenvalue weighted by atomic mass is 10.1. The molecule has 0 bridgehead atoms. The van der Waals surface area contributed by atoms with E-state index in [1.807, 2.05) is 66.7 Å². The SMILES string of the molecule is O=C(NN=C(Cc1ccccn1)c1ccccc1)c1ccccc1. The number of carbonyl (C=O) groups is 1. The topological polar surface area (TPSA) is 54.4 Å². The summed E-state index contributed by atoms with van der Waals surface area (Å²) < 4.78 is 0. The third kappa shape index (κ3) is 4.14. The van der Waals surface area contributed by atoms with Gasteiger partial charge in [-0.2, -0.15) is 5.10 Å². The van der Waals surface area contributed by atoms with Crippen LogP contribution in [0.2, 0.25) is 0 Å². The molecule has 24 heavy (non-hydrogen) atoms. The summed E-state index contributed by atoms with van der Waals surface area (Å²) in [6.07, 6.45) is 2.29. The van der Waals surface area contributed by atoms with Gasteiger partial charge in [0.1, 0.15) is 0 Å². The van der Waals surface area contributed by atoms with E-state index in [0.717, 1.165) is 17.0 Å². The van der Waals surface area contributed by atoms with Gasteiger partial charge in [0.25, 0.3) is 5.91 Å². The lowest BCUT2D eigenvalue weighted by Gasteiger charge is -2.07. The van der Waals surface area contributed by atoms with E-state index < -0.39 is 0 Å². The van der Waals surface area contributed by atoms with Crippen LogP contribution in [0.4, 0.5) is 0 Å². The Kier molecular flexibility index (Phi) is 5.10. The summed E-state index contributed by atoms with van der Waals surface area (Å²) in [5, 5.41) is 4.34. The summed E-state index contributed by atoms with van der Waals surface area (Å²) in [4.78, 5) is 16.5. The second-order valence-corrected chi connectivity index (χ2v) is 5.23. The Morgan fingerprint density at radius 1 is 0.833 bits per heavy atom. The maximum absolute atomic E-state index is 12.2. The van der Waals surface area contributed by atoms with Crippen molar-refractivity contribution < 1.29 is 4.79 Å². The summed E-state index contributed by atoms with van der Waals surface area (Å²) in [5.41, 5.74) is 5.83. The maximum Gasteiger partial charge on any atom is 0.271 e. The highest BCUT2D eigenvalue weighted by Gasteiger charge is 2.08. The van der Waals surface area contributed by atoms with Gasteiger partial charge in [-0.3, -0.25) is 9.78 Å². The number of hydrogen-bond donors (Lipinski definition) is 1. The molecule has 0 fully saturated rings. The van der Waals surface area contributed by atoms with E-state index in [1.165, 1.54) is 0 Å². The van der Waals surface area contributed by atoms with E-state index in [1.54, 1.807) is 18.3 Å². The number of carbonyl (C=O) groups excluding carboxylic acids is 1. The van der Waals surface area contributed by atoms with Crippen molar-refractivity contribution in [1.82, 2.24) is 10.4 Å². The van der Waals surface area contributed by atoms with Gasteiger partial charge in [0, 0.05) is 23.9 Å². The summed E-state index contributed by atoms with van der Waals surface area (Å²) in [7, 11) is 0. The van der Waals surface area contributed by atoms with Crippen molar-refractivity contribution in [1.29, 1.82) is 0 Å². The number of hydrogen-bond acceptors (Lipinski definition) is 3. The molecule has 0 atom stereocenters. The van der Waals surface area contributed by atoms with Gasteiger partial charge in [0.2, 0.25) is 0 Å². The molecular formula is C20H17N3O. The molecule has 0 aliphatic heterocycles. The molecule has 4 nitrogen and oxygen atoms in total. The normalized spacial score (nSPS) is 11.1. The summed E-state index contributed by atoms with van der Waals surface area (Å²) >= 11 is 0. The van der Waals surface area contributed by atoms with E-state index in [-0.39, 0.29) is 5.91 Å². The van der Waals surface area contributed by atoms with Crippen molar-refractivity contribution in [2.75, 3.05) is 0 Å². The fourth-order valence-corrected chi connectivity index (χ4v) is 2.28. The third-order valence-corrected chi connectivity index (χ3v) is 3.51. The van der Waals surface area contributed by atoms with E-state index in [9.17, 15) is 4.79 Å². The molecule has 1 heterocycles. The van der Waals surface area contributed by atoms with Crippen LogP contribution in [0.1, 0.15) is 21.6 Å². The molecule has 1 aromatic heterocycles. The minimum absolute atomic E-state index is 0.231. The highest BCUT2D eigenvalue weighted by molar-refractivity contribution is 6.03. The number of nitrogens with zero attached hydrogens (tertiary/aromatic N) is 2. The first-order valence-corrected chi connectivity index (χ1v) is 7.70. The average Bonchev–Trinajstić information content (AvgIpc) is 2.67. The lowest BCUT2D eigenvalue weighted by Crippen LogP contribution is -2.21. The molecule has 0 saturated heterocycles. The van der Waals surface area contributed by atoms with Gasteiger partial charge in [0.15, 0.2) is 0 Å². The van der Waals surface area contributed by atoms with Crippen molar-refractivity contribution in [3.05, 3.63) is 102 Å². The summed E-state index contributed by atoms with van der Waals surface area (Å²) in [6.45, 7) is 0. The molecule has 1 N–H and O–H groups in total. The van der Waals surface area contributed by atoms with Crippen LogP contribution >= 0.6 is 0 Å². The number of rotatable bonds is 5. The predicted molar refractivity (Wildman–Crippen MR) is 94.8 cm³/mol. The van der Waals surface area contributed by atoms with Crippen molar-refractivity contribution in [2.24, 2.45) is 5.10 Å². The van der Waals surface area contributed by atoms with Crippen molar-refractivity contribution in [2.45, 2.75) is 6.42 Å². The first-order chi connectivity index (χ1) is 11.8. The second-order valence-electron chi connectivity index (χ2n) is 5.23. The van der Waals surface area contributed by atoms with Gasteiger partial charge < -0.3 is 0 Å². The molecular weight excluding hydrogens is 298 g/mol. The first-order valence-electron chi connectivity index (χ1n) is 7.70. The Labute approximate surface area is 140 Å². The van der Waals surface area contributed by atoms with Crippen molar-refractivity contribution >= 4 is 11.6 Å². The molecule has 3 rings (SSSR count). The van der Waals surface area contributed by atoms with Crippen LogP contribution in [0.25, 0.3) is 0 Å². The van der Waals surface area contributed by atoms with Gasteiger partial charge in [-0.05, 0) is 29.8 Å². The third-order valence-electron chi connectivity index (χ3n) is 3.51. The Balaban J connectivity index is 1.83. The predicted octanol–water partition coefficient (Wildman–Crippen LogP) is 3.46. The molecule has 0 unspecified atom stereocenters. The fourth-order valence-electron chi connectivity index (χ4n) is 2.28. The number of benzene rings is 2. The fraction of sp³-hybridized carbons (Fsp3) is 0.0500. The van der Waals surface area contributed by atoms with Crippen LogP contribution in [0, 0.1) is 0 Å². The van der Waals surface area contributed by atoms with Crippen LogP contribution in [-0.2, 0) is 6.42 Å². The largest absolute Gasteiger partial charge is 0.271 e. The Morgan fingerprint density at radius 3 is 2.08 bits per heavy atom. The molecule has 0 radical (unpaired) electrons. The van der Waals surface area contributed by atoms with Gasteiger partial charge >= 0.3 is 0 Å². The Bertz CT molecular complexity index is 815. The Hall–Kier alpha value is -3.27. The van der Waals surface area contributed by atoms with Gasteiger partial charge in [-0.15, -0.1) is 0 Å². The highest BCUT2D eigenvalue weighted by atomic mass is 16.2. The average molecular weight is 315 g/mol. The van der Waals surface area contributed by atoms with Crippen LogP contribution in [0.3, 0.4) is 0 Å². The zero-order chi connectivity index (χ0) is 16.6. The second kappa shape index (κ2) is 7.83. The van der Waals surface area contributed by atoms with E-state index in [2.05, 4.69) is 15.5 Å². The quantitative estimate of drug-likeness (QED) is 0.579. The standard InChI is InChI=1S/C20H17N3O/c24-20(17-11-5-2-6-12-17)23-22-19(16-9-3-1-4-10-16)15-18-13-7-8-14-21-18/h1-14H,15H2,(H,23,24). The molecule has 1 amide bonds. The monoisotopic (exact) mass is 315 g/mol.